The standard InChI is InChI=1S/C24H40O3/c1-15(2)27-17-9-11-23(3)16(13-17)5-6-18-19-7-8-21(22(26)14-25)24(19,4)12-10-20(18)23/h15-21,25H,5-14H2,1-4H3/t16-,17+,18-,19-,20-,21+,23-,24-/m0/s1. The van der Waals surface area contributed by atoms with Gasteiger partial charge in [-0.1, -0.05) is 13.8 Å². The summed E-state index contributed by atoms with van der Waals surface area (Å²) in [5, 5.41) is 9.45. The molecule has 4 rings (SSSR count). The van der Waals surface area contributed by atoms with E-state index in [4.69, 9.17) is 4.74 Å². The van der Waals surface area contributed by atoms with Gasteiger partial charge in [0.25, 0.3) is 0 Å². The van der Waals surface area contributed by atoms with E-state index in [0.29, 0.717) is 23.5 Å². The normalized spacial score (nSPS) is 49.4. The second kappa shape index (κ2) is 7.13. The van der Waals surface area contributed by atoms with Crippen molar-refractivity contribution in [2.45, 2.75) is 97.7 Å². The fourth-order valence-corrected chi connectivity index (χ4v) is 8.37. The average Bonchev–Trinajstić information content (AvgIpc) is 2.98. The van der Waals surface area contributed by atoms with E-state index >= 15 is 0 Å². The molecule has 0 heterocycles. The number of rotatable bonds is 4. The number of aliphatic hydroxyl groups excluding tert-OH is 1. The lowest BCUT2D eigenvalue weighted by Gasteiger charge is -2.61. The quantitative estimate of drug-likeness (QED) is 0.751. The van der Waals surface area contributed by atoms with Gasteiger partial charge >= 0.3 is 0 Å². The summed E-state index contributed by atoms with van der Waals surface area (Å²) in [6.45, 7) is 9.03. The monoisotopic (exact) mass is 376 g/mol. The molecule has 3 heteroatoms. The minimum atomic E-state index is -0.266. The first-order valence-corrected chi connectivity index (χ1v) is 11.6. The molecule has 4 aliphatic rings. The summed E-state index contributed by atoms with van der Waals surface area (Å²) < 4.78 is 6.20. The smallest absolute Gasteiger partial charge is 0.161 e. The molecule has 0 unspecified atom stereocenters. The van der Waals surface area contributed by atoms with Crippen molar-refractivity contribution in [3.05, 3.63) is 0 Å². The highest BCUT2D eigenvalue weighted by molar-refractivity contribution is 5.83. The number of carbonyl (C=O) groups is 1. The van der Waals surface area contributed by atoms with Crippen LogP contribution in [0.25, 0.3) is 0 Å². The fraction of sp³-hybridized carbons (Fsp3) is 0.958. The molecule has 0 aromatic heterocycles. The van der Waals surface area contributed by atoms with Gasteiger partial charge in [-0.25, -0.2) is 0 Å². The van der Waals surface area contributed by atoms with E-state index in [2.05, 4.69) is 27.7 Å². The Labute approximate surface area is 165 Å². The van der Waals surface area contributed by atoms with Crippen LogP contribution in [0.15, 0.2) is 0 Å². The van der Waals surface area contributed by atoms with E-state index < -0.39 is 0 Å². The molecule has 1 N–H and O–H groups in total. The maximum atomic E-state index is 12.4. The Kier molecular flexibility index (Phi) is 5.25. The molecule has 4 fully saturated rings. The van der Waals surface area contributed by atoms with Gasteiger partial charge in [-0.2, -0.15) is 0 Å². The molecule has 154 valence electrons. The molecule has 4 saturated carbocycles. The highest BCUT2D eigenvalue weighted by Gasteiger charge is 2.61. The van der Waals surface area contributed by atoms with Crippen LogP contribution in [-0.2, 0) is 9.53 Å². The topological polar surface area (TPSA) is 46.5 Å². The molecular formula is C24H40O3. The van der Waals surface area contributed by atoms with Crippen molar-refractivity contribution >= 4 is 5.78 Å². The molecule has 4 aliphatic carbocycles. The van der Waals surface area contributed by atoms with Crippen LogP contribution in [0.4, 0.5) is 0 Å². The number of ketones is 1. The number of hydrogen-bond donors (Lipinski definition) is 1. The van der Waals surface area contributed by atoms with Crippen molar-refractivity contribution in [2.75, 3.05) is 6.61 Å². The number of carbonyl (C=O) groups excluding carboxylic acids is 1. The van der Waals surface area contributed by atoms with Crippen molar-refractivity contribution in [1.29, 1.82) is 0 Å². The van der Waals surface area contributed by atoms with E-state index in [0.717, 1.165) is 24.2 Å². The van der Waals surface area contributed by atoms with Crippen LogP contribution in [0.3, 0.4) is 0 Å². The predicted octanol–water partition coefficient (Wildman–Crippen LogP) is 5.00. The third-order valence-electron chi connectivity index (χ3n) is 9.63. The van der Waals surface area contributed by atoms with E-state index in [1.54, 1.807) is 0 Å². The third kappa shape index (κ3) is 3.12. The van der Waals surface area contributed by atoms with Gasteiger partial charge in [-0.15, -0.1) is 0 Å². The van der Waals surface area contributed by atoms with Gasteiger partial charge in [0.1, 0.15) is 6.61 Å². The molecule has 8 atom stereocenters. The van der Waals surface area contributed by atoms with Crippen LogP contribution in [-0.4, -0.2) is 29.7 Å². The second-order valence-electron chi connectivity index (χ2n) is 11.0. The van der Waals surface area contributed by atoms with E-state index in [9.17, 15) is 9.90 Å². The first-order valence-electron chi connectivity index (χ1n) is 11.6. The third-order valence-corrected chi connectivity index (χ3v) is 9.63. The van der Waals surface area contributed by atoms with Crippen LogP contribution < -0.4 is 0 Å². The fourth-order valence-electron chi connectivity index (χ4n) is 8.37. The summed E-state index contributed by atoms with van der Waals surface area (Å²) in [6.07, 6.45) is 12.0. The Balaban J connectivity index is 1.52. The highest BCUT2D eigenvalue weighted by Crippen LogP contribution is 2.67. The van der Waals surface area contributed by atoms with E-state index in [1.807, 2.05) is 0 Å². The minimum Gasteiger partial charge on any atom is -0.389 e. The lowest BCUT2D eigenvalue weighted by atomic mass is 9.44. The summed E-state index contributed by atoms with van der Waals surface area (Å²) in [5.74, 6) is 3.34. The maximum Gasteiger partial charge on any atom is 0.161 e. The molecule has 0 bridgehead atoms. The van der Waals surface area contributed by atoms with Crippen LogP contribution in [0, 0.1) is 40.4 Å². The lowest BCUT2D eigenvalue weighted by Crippen LogP contribution is -2.54. The van der Waals surface area contributed by atoms with Gasteiger partial charge in [0.2, 0.25) is 0 Å². The lowest BCUT2D eigenvalue weighted by molar-refractivity contribution is -0.147. The Bertz CT molecular complexity index is 572. The molecule has 0 radical (unpaired) electrons. The van der Waals surface area contributed by atoms with Gasteiger partial charge in [0.05, 0.1) is 12.2 Å². The summed E-state index contributed by atoms with van der Waals surface area (Å²) in [6, 6.07) is 0. The molecule has 27 heavy (non-hydrogen) atoms. The van der Waals surface area contributed by atoms with E-state index in [-0.39, 0.29) is 23.7 Å². The summed E-state index contributed by atoms with van der Waals surface area (Å²) in [4.78, 5) is 12.4. The molecule has 3 nitrogen and oxygen atoms in total. The Morgan fingerprint density at radius 3 is 2.41 bits per heavy atom. The van der Waals surface area contributed by atoms with Gasteiger partial charge < -0.3 is 9.84 Å². The van der Waals surface area contributed by atoms with Gasteiger partial charge in [0.15, 0.2) is 5.78 Å². The molecule has 0 spiro atoms. The minimum absolute atomic E-state index is 0.102. The molecule has 0 aromatic carbocycles. The highest BCUT2D eigenvalue weighted by atomic mass is 16.5. The zero-order valence-electron chi connectivity index (χ0n) is 17.9. The molecule has 0 saturated heterocycles. The Morgan fingerprint density at radius 1 is 1.00 bits per heavy atom. The summed E-state index contributed by atoms with van der Waals surface area (Å²) in [7, 11) is 0. The Morgan fingerprint density at radius 2 is 1.70 bits per heavy atom. The summed E-state index contributed by atoms with van der Waals surface area (Å²) in [5.41, 5.74) is 0.613. The van der Waals surface area contributed by atoms with Gasteiger partial charge in [-0.05, 0) is 106 Å². The van der Waals surface area contributed by atoms with Crippen LogP contribution in [0.1, 0.15) is 85.5 Å². The number of Topliss-reactive ketones (excluding diaryl/α,β-unsaturated/α-hetero) is 1. The number of fused-ring (bicyclic) bond motifs is 5. The largest absolute Gasteiger partial charge is 0.389 e. The maximum absolute atomic E-state index is 12.4. The van der Waals surface area contributed by atoms with Crippen molar-refractivity contribution in [3.8, 4) is 0 Å². The van der Waals surface area contributed by atoms with Crippen molar-refractivity contribution in [2.24, 2.45) is 40.4 Å². The van der Waals surface area contributed by atoms with Gasteiger partial charge in [-0.3, -0.25) is 4.79 Å². The van der Waals surface area contributed by atoms with Crippen LogP contribution in [0.5, 0.6) is 0 Å². The summed E-state index contributed by atoms with van der Waals surface area (Å²) >= 11 is 0. The zero-order valence-corrected chi connectivity index (χ0v) is 17.9. The SMILES string of the molecule is CC(C)O[C@@H]1CC[C@@]2(C)[C@@H](CC[C@@H]3[C@@H]2CC[C@]2(C)[C@@H](C(=O)CO)CC[C@@H]32)C1. The second-order valence-corrected chi connectivity index (χ2v) is 11.0. The predicted molar refractivity (Wildman–Crippen MR) is 107 cm³/mol. The van der Waals surface area contributed by atoms with Gasteiger partial charge in [0, 0.05) is 5.92 Å². The molecular weight excluding hydrogens is 336 g/mol. The van der Waals surface area contributed by atoms with Crippen molar-refractivity contribution < 1.29 is 14.6 Å². The van der Waals surface area contributed by atoms with Crippen molar-refractivity contribution in [3.63, 3.8) is 0 Å². The number of ether oxygens (including phenoxy) is 1. The zero-order chi connectivity index (χ0) is 19.4. The molecule has 0 aliphatic heterocycles. The van der Waals surface area contributed by atoms with Crippen LogP contribution >= 0.6 is 0 Å². The average molecular weight is 377 g/mol. The first-order chi connectivity index (χ1) is 12.8. The van der Waals surface area contributed by atoms with Crippen LogP contribution in [0.2, 0.25) is 0 Å². The van der Waals surface area contributed by atoms with Crippen molar-refractivity contribution in [1.82, 2.24) is 0 Å². The van der Waals surface area contributed by atoms with E-state index in [1.165, 1.54) is 51.4 Å². The first kappa shape index (κ1) is 19.9. The number of aliphatic hydroxyl groups is 1. The molecule has 0 aromatic rings. The Hall–Kier alpha value is -0.410. The number of hydrogen-bond acceptors (Lipinski definition) is 3. The molecule has 0 amide bonds.